The number of nitrogens with one attached hydrogen (secondary N) is 1. The molecule has 32 heavy (non-hydrogen) atoms. The van der Waals surface area contributed by atoms with Crippen LogP contribution in [0.1, 0.15) is 6.23 Å². The molecule has 3 rings (SSSR count). The van der Waals surface area contributed by atoms with Gasteiger partial charge in [0.15, 0.2) is 17.4 Å². The molecule has 4 unspecified atom stereocenters. The van der Waals surface area contributed by atoms with Crippen LogP contribution in [0.5, 0.6) is 0 Å². The van der Waals surface area contributed by atoms with Crippen LogP contribution in [-0.4, -0.2) is 74.2 Å². The minimum absolute atomic E-state index is 0.0951. The molecule has 6 atom stereocenters. The van der Waals surface area contributed by atoms with Gasteiger partial charge < -0.3 is 40.3 Å². The minimum atomic E-state index is -5.52. The van der Waals surface area contributed by atoms with Crippen LogP contribution in [0.2, 0.25) is 0 Å². The summed E-state index contributed by atoms with van der Waals surface area (Å²) in [4.78, 5) is 58.3. The van der Waals surface area contributed by atoms with Gasteiger partial charge in [0.25, 0.3) is 5.56 Å². The quantitative estimate of drug-likeness (QED) is 0.165. The number of aliphatic hydroxyl groups excluding tert-OH is 2. The first-order valence-electron chi connectivity index (χ1n) is 8.11. The number of fused-ring (bicyclic) bond motifs is 1. The van der Waals surface area contributed by atoms with Gasteiger partial charge in [0, 0.05) is 0 Å². The second kappa shape index (κ2) is 8.90. The summed E-state index contributed by atoms with van der Waals surface area (Å²) in [5.74, 6) is -0.262. The molecule has 0 aliphatic carbocycles. The standard InChI is InChI=1S/C10H16N5O13P3S/c11-10-13-7-4(8(18)14-10)12-2-15(7)9-6(17)5(16)3(26-9)1-25-29(19,20)27-30(21,22)28-31(23,24)32/h2-3,5-6,9,16-17H,1H2,(H,19,20)(H,21,22)(H2,23,24,32)(H3,11,13,14,18)/t3-,5?,6?,9-/m1/s1. The number of aromatic amines is 1. The Kier molecular flexibility index (Phi) is 7.09. The Morgan fingerprint density at radius 3 is 2.47 bits per heavy atom. The highest BCUT2D eigenvalue weighted by Crippen LogP contribution is 2.66. The largest absolute Gasteiger partial charge is 0.488 e. The molecule has 0 saturated carbocycles. The van der Waals surface area contributed by atoms with E-state index in [4.69, 9.17) is 20.3 Å². The number of hydrogen-bond donors (Lipinski definition) is 8. The molecule has 0 bridgehead atoms. The lowest BCUT2D eigenvalue weighted by Gasteiger charge is -2.19. The maximum atomic E-state index is 11.9. The highest BCUT2D eigenvalue weighted by Gasteiger charge is 2.46. The van der Waals surface area contributed by atoms with Gasteiger partial charge in [-0.3, -0.25) is 18.9 Å². The molecule has 1 fully saturated rings. The average molecular weight is 539 g/mol. The van der Waals surface area contributed by atoms with Crippen LogP contribution < -0.4 is 11.3 Å². The fraction of sp³-hybridized carbons (Fsp3) is 0.500. The van der Waals surface area contributed by atoms with Gasteiger partial charge in [-0.1, -0.05) is 0 Å². The molecular weight excluding hydrogens is 523 g/mol. The number of nitrogens with zero attached hydrogens (tertiary/aromatic N) is 3. The second-order valence-corrected chi connectivity index (χ2v) is 12.1. The van der Waals surface area contributed by atoms with E-state index < -0.39 is 59.1 Å². The fourth-order valence-corrected chi connectivity index (χ4v) is 6.49. The van der Waals surface area contributed by atoms with Gasteiger partial charge in [-0.15, -0.1) is 0 Å². The van der Waals surface area contributed by atoms with Crippen LogP contribution in [0.25, 0.3) is 11.2 Å². The maximum Gasteiger partial charge on any atom is 0.488 e. The summed E-state index contributed by atoms with van der Waals surface area (Å²) in [6, 6.07) is 0. The molecule has 2 aromatic heterocycles. The van der Waals surface area contributed by atoms with Crippen LogP contribution in [0.4, 0.5) is 5.95 Å². The van der Waals surface area contributed by atoms with Gasteiger partial charge in [-0.25, -0.2) is 18.4 Å². The summed E-state index contributed by atoms with van der Waals surface area (Å²) in [5, 5.41) is 20.5. The topological polar surface area (TPSA) is 282 Å². The maximum absolute atomic E-state index is 11.9. The molecule has 3 heterocycles. The van der Waals surface area contributed by atoms with Gasteiger partial charge in [0.1, 0.15) is 18.3 Å². The summed E-state index contributed by atoms with van der Waals surface area (Å²) in [6.45, 7) is -5.69. The Labute approximate surface area is 181 Å². The van der Waals surface area contributed by atoms with E-state index in [-0.39, 0.29) is 17.1 Å². The molecule has 18 nitrogen and oxygen atoms in total. The number of phosphoric acid groups is 2. The van der Waals surface area contributed by atoms with E-state index in [1.807, 2.05) is 0 Å². The van der Waals surface area contributed by atoms with Crippen LogP contribution in [0.15, 0.2) is 11.1 Å². The third-order valence-electron chi connectivity index (χ3n) is 3.88. The zero-order valence-electron chi connectivity index (χ0n) is 15.3. The number of hydrogen-bond acceptors (Lipinski definition) is 13. The molecule has 22 heteroatoms. The SMILES string of the molecule is Nc1nc2c(ncn2[C@@H]2O[C@H](COP(=O)(O)OP(=O)(O)OP(O)(O)=S)C(O)C2O)c(=O)[nH]1. The third kappa shape index (κ3) is 5.85. The van der Waals surface area contributed by atoms with Crippen molar-refractivity contribution in [2.24, 2.45) is 0 Å². The number of nitrogens with two attached hydrogens (primary N) is 1. The molecule has 1 aliphatic rings. The molecule has 1 aliphatic heterocycles. The zero-order valence-corrected chi connectivity index (χ0v) is 18.8. The minimum Gasteiger partial charge on any atom is -0.387 e. The van der Waals surface area contributed by atoms with Gasteiger partial charge in [-0.05, 0) is 11.8 Å². The summed E-state index contributed by atoms with van der Waals surface area (Å²) in [5.41, 5.74) is 4.56. The van der Waals surface area contributed by atoms with E-state index >= 15 is 0 Å². The molecule has 0 radical (unpaired) electrons. The predicted molar refractivity (Wildman–Crippen MR) is 105 cm³/mol. The average Bonchev–Trinajstić information content (AvgIpc) is 3.12. The Bertz CT molecular complexity index is 1210. The molecule has 180 valence electrons. The Morgan fingerprint density at radius 2 is 1.84 bits per heavy atom. The Hall–Kier alpha value is -1.14. The van der Waals surface area contributed by atoms with Crippen molar-refractivity contribution in [3.05, 3.63) is 16.7 Å². The predicted octanol–water partition coefficient (Wildman–Crippen LogP) is -2.22. The first-order valence-corrected chi connectivity index (χ1v) is 13.7. The fourth-order valence-electron chi connectivity index (χ4n) is 2.70. The van der Waals surface area contributed by atoms with E-state index in [1.165, 1.54) is 0 Å². The number of aromatic nitrogens is 4. The van der Waals surface area contributed by atoms with Gasteiger partial charge >= 0.3 is 22.4 Å². The second-order valence-electron chi connectivity index (χ2n) is 6.21. The Balaban J connectivity index is 1.72. The van der Waals surface area contributed by atoms with Crippen molar-refractivity contribution in [3.63, 3.8) is 0 Å². The lowest BCUT2D eigenvalue weighted by Crippen LogP contribution is -2.33. The molecule has 2 aromatic rings. The smallest absolute Gasteiger partial charge is 0.387 e. The van der Waals surface area contributed by atoms with Crippen molar-refractivity contribution < 1.29 is 56.8 Å². The van der Waals surface area contributed by atoms with E-state index in [0.29, 0.717) is 0 Å². The van der Waals surface area contributed by atoms with Crippen molar-refractivity contribution in [2.45, 2.75) is 24.5 Å². The van der Waals surface area contributed by atoms with E-state index in [1.54, 1.807) is 0 Å². The van der Waals surface area contributed by atoms with Crippen molar-refractivity contribution in [3.8, 4) is 0 Å². The highest BCUT2D eigenvalue weighted by atomic mass is 32.5. The zero-order chi connectivity index (χ0) is 24.1. The molecular formula is C10H16N5O13P3S. The number of ether oxygens (including phenoxy) is 1. The lowest BCUT2D eigenvalue weighted by molar-refractivity contribution is -0.0503. The normalized spacial score (nSPS) is 27.9. The molecule has 0 aromatic carbocycles. The van der Waals surface area contributed by atoms with Crippen LogP contribution in [-0.2, 0) is 38.8 Å². The molecule has 9 N–H and O–H groups in total. The van der Waals surface area contributed by atoms with E-state index in [9.17, 15) is 33.9 Å². The lowest BCUT2D eigenvalue weighted by atomic mass is 10.1. The number of phosphoric ester groups is 1. The highest BCUT2D eigenvalue weighted by molar-refractivity contribution is 8.08. The van der Waals surface area contributed by atoms with Crippen LogP contribution >= 0.6 is 22.4 Å². The summed E-state index contributed by atoms with van der Waals surface area (Å²) < 4.78 is 41.9. The number of rotatable bonds is 8. The number of aliphatic hydroxyl groups is 2. The monoisotopic (exact) mass is 539 g/mol. The van der Waals surface area contributed by atoms with Crippen molar-refractivity contribution in [2.75, 3.05) is 12.3 Å². The first kappa shape index (κ1) is 25.5. The Morgan fingerprint density at radius 1 is 1.19 bits per heavy atom. The summed E-state index contributed by atoms with van der Waals surface area (Å²) >= 11 is 3.96. The molecule has 1 saturated heterocycles. The van der Waals surface area contributed by atoms with Gasteiger partial charge in [0.05, 0.1) is 12.9 Å². The van der Waals surface area contributed by atoms with Gasteiger partial charge in [0.2, 0.25) is 5.95 Å². The van der Waals surface area contributed by atoms with Crippen LogP contribution in [0.3, 0.4) is 0 Å². The third-order valence-corrected chi connectivity index (χ3v) is 8.28. The van der Waals surface area contributed by atoms with Crippen LogP contribution in [0, 0.1) is 0 Å². The number of anilines is 1. The van der Waals surface area contributed by atoms with Crippen molar-refractivity contribution in [1.29, 1.82) is 0 Å². The molecule has 0 spiro atoms. The van der Waals surface area contributed by atoms with Crippen molar-refractivity contribution in [1.82, 2.24) is 19.5 Å². The van der Waals surface area contributed by atoms with E-state index in [0.717, 1.165) is 10.9 Å². The number of nitrogen functional groups attached to an aromatic ring is 1. The molecule has 0 amide bonds. The number of H-pyrrole nitrogens is 1. The van der Waals surface area contributed by atoms with E-state index in [2.05, 4.69) is 39.9 Å². The van der Waals surface area contributed by atoms with Crippen molar-refractivity contribution >= 4 is 51.3 Å². The van der Waals surface area contributed by atoms with Gasteiger partial charge in [-0.2, -0.15) is 9.29 Å². The first-order chi connectivity index (χ1) is 14.6. The summed E-state index contributed by atoms with van der Waals surface area (Å²) in [6.07, 6.45) is -5.18. The summed E-state index contributed by atoms with van der Waals surface area (Å²) in [7, 11) is -10.9. The number of imidazole rings is 1.